The van der Waals surface area contributed by atoms with Gasteiger partial charge in [-0.1, -0.05) is 19.8 Å². The van der Waals surface area contributed by atoms with Crippen molar-refractivity contribution in [2.24, 2.45) is 18.5 Å². The van der Waals surface area contributed by atoms with Gasteiger partial charge in [0.15, 0.2) is 0 Å². The van der Waals surface area contributed by atoms with E-state index in [-0.39, 0.29) is 0 Å². The Morgan fingerprint density at radius 3 is 1.89 bits per heavy atom. The van der Waals surface area contributed by atoms with Crippen LogP contribution in [0.5, 0.6) is 0 Å². The molecule has 1 aromatic heterocycles. The first-order valence-electron chi connectivity index (χ1n) is 15.7. The van der Waals surface area contributed by atoms with Crippen molar-refractivity contribution in [3.05, 3.63) is 23.5 Å². The van der Waals surface area contributed by atoms with Gasteiger partial charge in [-0.3, -0.25) is 4.90 Å². The molecule has 0 spiro atoms. The van der Waals surface area contributed by atoms with Gasteiger partial charge in [0.25, 0.3) is 0 Å². The number of aromatic nitrogens is 1. The maximum absolute atomic E-state index is 6.34. The summed E-state index contributed by atoms with van der Waals surface area (Å²) in [5, 5.41) is 3.98. The lowest BCUT2D eigenvalue weighted by Crippen LogP contribution is -2.48. The second-order valence-electron chi connectivity index (χ2n) is 13.0. The van der Waals surface area contributed by atoms with Gasteiger partial charge in [-0.25, -0.2) is 0 Å². The highest BCUT2D eigenvalue weighted by Gasteiger charge is 2.33. The molecule has 0 amide bonds. The Morgan fingerprint density at radius 1 is 0.722 bits per heavy atom. The molecule has 0 radical (unpaired) electrons. The molecule has 4 fully saturated rings. The first-order chi connectivity index (χ1) is 17.5. The molecule has 0 bridgehead atoms. The molecule has 0 aliphatic heterocycles. The topological polar surface area (TPSA) is 72.2 Å². The first-order valence-corrected chi connectivity index (χ1v) is 15.7. The van der Waals surface area contributed by atoms with Crippen molar-refractivity contribution in [2.45, 2.75) is 158 Å². The average molecular weight is 498 g/mol. The number of hydrogen-bond donors (Lipinski definition) is 3. The minimum absolute atomic E-state index is 0.417. The van der Waals surface area contributed by atoms with Crippen molar-refractivity contribution in [1.82, 2.24) is 14.8 Å². The molecular weight excluding hydrogens is 442 g/mol. The molecule has 4 saturated carbocycles. The van der Waals surface area contributed by atoms with E-state index >= 15 is 0 Å². The Morgan fingerprint density at radius 2 is 1.31 bits per heavy atom. The Bertz CT molecular complexity index is 804. The summed E-state index contributed by atoms with van der Waals surface area (Å²) in [4.78, 5) is 2.83. The third-order valence-electron chi connectivity index (χ3n) is 10.6. The number of nitrogens with one attached hydrogen (secondary N) is 1. The van der Waals surface area contributed by atoms with E-state index in [1.54, 1.807) is 11.4 Å². The molecule has 0 aromatic carbocycles. The number of rotatable bonds is 7. The highest BCUT2D eigenvalue weighted by Crippen LogP contribution is 2.40. The fraction of sp³-hybridized carbons (Fsp3) is 0.871. The normalized spacial score (nSPS) is 38.4. The molecule has 5 rings (SSSR count). The Hall–Kier alpha value is -0.880. The molecule has 3 unspecified atom stereocenters. The summed E-state index contributed by atoms with van der Waals surface area (Å²) in [5.41, 5.74) is 15.8. The molecule has 5 nitrogen and oxygen atoms in total. The largest absolute Gasteiger partial charge is 0.351 e. The van der Waals surface area contributed by atoms with Crippen LogP contribution in [0.2, 0.25) is 0 Å². The summed E-state index contributed by atoms with van der Waals surface area (Å²) in [5.74, 6) is 1.47. The molecule has 36 heavy (non-hydrogen) atoms. The van der Waals surface area contributed by atoms with E-state index in [1.807, 2.05) is 0 Å². The minimum Gasteiger partial charge on any atom is -0.351 e. The summed E-state index contributed by atoms with van der Waals surface area (Å²) in [6.07, 6.45) is 20.8. The van der Waals surface area contributed by atoms with Crippen LogP contribution in [0.25, 0.3) is 0 Å². The van der Waals surface area contributed by atoms with E-state index in [9.17, 15) is 0 Å². The van der Waals surface area contributed by atoms with E-state index in [1.165, 1.54) is 109 Å². The fourth-order valence-electron chi connectivity index (χ4n) is 8.65. The van der Waals surface area contributed by atoms with Gasteiger partial charge in [-0.15, -0.1) is 0 Å². The smallest absolute Gasteiger partial charge is 0.0205 e. The van der Waals surface area contributed by atoms with Crippen LogP contribution in [0.15, 0.2) is 12.1 Å². The molecule has 5 N–H and O–H groups in total. The third-order valence-corrected chi connectivity index (χ3v) is 10.6. The molecule has 4 atom stereocenters. The predicted molar refractivity (Wildman–Crippen MR) is 151 cm³/mol. The molecule has 4 aliphatic rings. The number of nitrogens with two attached hydrogens (primary N) is 2. The Labute approximate surface area is 221 Å². The van der Waals surface area contributed by atoms with Crippen molar-refractivity contribution in [2.75, 3.05) is 6.54 Å². The van der Waals surface area contributed by atoms with Crippen LogP contribution in [-0.4, -0.2) is 52.3 Å². The van der Waals surface area contributed by atoms with Gasteiger partial charge in [0.05, 0.1) is 0 Å². The van der Waals surface area contributed by atoms with Gasteiger partial charge in [0.2, 0.25) is 0 Å². The SMILES string of the molecule is CCN(C1CCC(c2ccc(C3CCC(N[C@@H]4CCCC(N)C4)CC3)n2C)CC1)C1CCCC(N)C1. The van der Waals surface area contributed by atoms with Gasteiger partial charge in [0, 0.05) is 54.7 Å². The molecule has 1 aromatic rings. The van der Waals surface area contributed by atoms with E-state index in [0.717, 1.165) is 23.9 Å². The van der Waals surface area contributed by atoms with Crippen molar-refractivity contribution in [3.63, 3.8) is 0 Å². The second-order valence-corrected chi connectivity index (χ2v) is 13.0. The summed E-state index contributed by atoms with van der Waals surface area (Å²) in [7, 11) is 2.35. The van der Waals surface area contributed by atoms with Crippen LogP contribution >= 0.6 is 0 Å². The Balaban J connectivity index is 1.12. The first kappa shape index (κ1) is 26.7. The molecule has 0 saturated heterocycles. The van der Waals surface area contributed by atoms with Crippen LogP contribution in [0, 0.1) is 0 Å². The maximum Gasteiger partial charge on any atom is 0.0205 e. The van der Waals surface area contributed by atoms with Crippen LogP contribution in [0.4, 0.5) is 0 Å². The molecule has 4 aliphatic carbocycles. The van der Waals surface area contributed by atoms with Gasteiger partial charge in [0.1, 0.15) is 0 Å². The number of nitrogens with zero attached hydrogens (tertiary/aromatic N) is 2. The number of hydrogen-bond acceptors (Lipinski definition) is 4. The summed E-state index contributed by atoms with van der Waals surface area (Å²) in [6, 6.07) is 8.64. The zero-order valence-corrected chi connectivity index (χ0v) is 23.3. The second kappa shape index (κ2) is 12.3. The molecular formula is C31H55N5. The lowest BCUT2D eigenvalue weighted by Gasteiger charge is -2.43. The zero-order valence-electron chi connectivity index (χ0n) is 23.3. The summed E-state index contributed by atoms with van der Waals surface area (Å²) >= 11 is 0. The minimum atomic E-state index is 0.417. The van der Waals surface area contributed by atoms with Crippen LogP contribution in [0.3, 0.4) is 0 Å². The van der Waals surface area contributed by atoms with Crippen molar-refractivity contribution < 1.29 is 0 Å². The van der Waals surface area contributed by atoms with Gasteiger partial charge >= 0.3 is 0 Å². The van der Waals surface area contributed by atoms with E-state index < -0.39 is 0 Å². The fourth-order valence-corrected chi connectivity index (χ4v) is 8.65. The average Bonchev–Trinajstić information content (AvgIpc) is 3.27. The third kappa shape index (κ3) is 6.22. The summed E-state index contributed by atoms with van der Waals surface area (Å²) in [6.45, 7) is 3.55. The van der Waals surface area contributed by atoms with Crippen LogP contribution < -0.4 is 16.8 Å². The lowest BCUT2D eigenvalue weighted by atomic mass is 9.81. The predicted octanol–water partition coefficient (Wildman–Crippen LogP) is 5.53. The van der Waals surface area contributed by atoms with Crippen molar-refractivity contribution in [1.29, 1.82) is 0 Å². The maximum atomic E-state index is 6.34. The molecule has 204 valence electrons. The lowest BCUT2D eigenvalue weighted by molar-refractivity contribution is 0.0779. The molecule has 5 heteroatoms. The van der Waals surface area contributed by atoms with E-state index in [2.05, 4.69) is 40.9 Å². The van der Waals surface area contributed by atoms with Gasteiger partial charge in [-0.05, 0) is 120 Å². The quantitative estimate of drug-likeness (QED) is 0.463. The Kier molecular flexibility index (Phi) is 9.14. The van der Waals surface area contributed by atoms with Crippen molar-refractivity contribution >= 4 is 0 Å². The van der Waals surface area contributed by atoms with Crippen LogP contribution in [-0.2, 0) is 7.05 Å². The zero-order chi connectivity index (χ0) is 25.1. The van der Waals surface area contributed by atoms with Crippen molar-refractivity contribution in [3.8, 4) is 0 Å². The molecule has 1 heterocycles. The standard InChI is InChI=1S/C31H55N5/c1-3-36(29-9-5-7-25(33)21-29)28-16-12-23(13-17-28)31-19-18-30(35(31)2)22-10-14-26(15-11-22)34-27-8-4-6-24(32)20-27/h18-19,22-29,34H,3-17,20-21,32-33H2,1-2H3/t22?,23?,24?,25?,26?,27-,28?,29?/m1/s1. The van der Waals surface area contributed by atoms with Gasteiger partial charge in [-0.2, -0.15) is 0 Å². The summed E-state index contributed by atoms with van der Waals surface area (Å²) < 4.78 is 2.60. The highest BCUT2D eigenvalue weighted by molar-refractivity contribution is 5.23. The van der Waals surface area contributed by atoms with E-state index in [0.29, 0.717) is 24.2 Å². The highest BCUT2D eigenvalue weighted by atomic mass is 15.2. The monoisotopic (exact) mass is 497 g/mol. The van der Waals surface area contributed by atoms with E-state index in [4.69, 9.17) is 11.5 Å². The van der Waals surface area contributed by atoms with Crippen LogP contribution in [0.1, 0.15) is 133 Å². The van der Waals surface area contributed by atoms with Gasteiger partial charge < -0.3 is 21.4 Å².